The van der Waals surface area contributed by atoms with E-state index in [4.69, 9.17) is 16.7 Å². The molecule has 2 aliphatic heterocycles. The number of amides is 3. The van der Waals surface area contributed by atoms with E-state index in [1.807, 2.05) is 17.0 Å². The smallest absolute Gasteiger partial charge is 0.328 e. The summed E-state index contributed by atoms with van der Waals surface area (Å²) in [7, 11) is 0. The molecule has 3 amide bonds. The molecule has 1 fully saturated rings. The molecule has 1 unspecified atom stereocenters. The Labute approximate surface area is 192 Å². The van der Waals surface area contributed by atoms with E-state index >= 15 is 0 Å². The van der Waals surface area contributed by atoms with Gasteiger partial charge in [-0.05, 0) is 30.2 Å². The summed E-state index contributed by atoms with van der Waals surface area (Å²) in [6.07, 6.45) is 2.47. The number of nitrogens with zero attached hydrogens (tertiary/aromatic N) is 3. The molecule has 8 nitrogen and oxygen atoms in total. The fourth-order valence-corrected chi connectivity index (χ4v) is 6.13. The van der Waals surface area contributed by atoms with E-state index in [0.717, 1.165) is 21.9 Å². The summed E-state index contributed by atoms with van der Waals surface area (Å²) in [5.41, 5.74) is 1.45. The molecule has 3 heterocycles. The highest BCUT2D eigenvalue weighted by Gasteiger charge is 2.49. The van der Waals surface area contributed by atoms with Crippen LogP contribution in [-0.4, -0.2) is 58.3 Å². The fourth-order valence-electron chi connectivity index (χ4n) is 4.09. The number of carbonyl (C=O) groups is 3. The number of hydrogen-bond acceptors (Lipinski definition) is 6. The topological polar surface area (TPSA) is 103 Å². The summed E-state index contributed by atoms with van der Waals surface area (Å²) in [6, 6.07) is 5.21. The molecule has 11 heteroatoms. The van der Waals surface area contributed by atoms with Crippen LogP contribution in [-0.2, 0) is 15.0 Å². The first-order valence-corrected chi connectivity index (χ1v) is 11.9. The molecule has 2 aliphatic rings. The van der Waals surface area contributed by atoms with Crippen molar-refractivity contribution in [3.05, 3.63) is 35.0 Å². The highest BCUT2D eigenvalue weighted by molar-refractivity contribution is 8.01. The maximum Gasteiger partial charge on any atom is 0.328 e. The molecule has 164 valence electrons. The molecule has 1 spiro atoms. The number of hydrogen-bond donors (Lipinski definition) is 2. The summed E-state index contributed by atoms with van der Waals surface area (Å²) in [5, 5.41) is 12.7. The van der Waals surface area contributed by atoms with Gasteiger partial charge in [0.05, 0.1) is 16.8 Å². The number of nitrogens with one attached hydrogen (secondary N) is 1. The Kier molecular flexibility index (Phi) is 6.14. The number of thioether (sulfide) groups is 1. The quantitative estimate of drug-likeness (QED) is 0.629. The van der Waals surface area contributed by atoms with Crippen molar-refractivity contribution in [3.8, 4) is 0 Å². The molecular weight excluding hydrogens is 460 g/mol. The van der Waals surface area contributed by atoms with Crippen LogP contribution < -0.4 is 10.2 Å². The molecule has 4 rings (SSSR count). The number of carboxylic acid groups (broad SMARTS) is 1. The van der Waals surface area contributed by atoms with Gasteiger partial charge in [0.2, 0.25) is 5.91 Å². The van der Waals surface area contributed by atoms with Crippen molar-refractivity contribution in [2.75, 3.05) is 35.6 Å². The largest absolute Gasteiger partial charge is 0.481 e. The number of aromatic nitrogens is 1. The van der Waals surface area contributed by atoms with Gasteiger partial charge >= 0.3 is 12.0 Å². The van der Waals surface area contributed by atoms with E-state index in [-0.39, 0.29) is 23.8 Å². The number of aliphatic carboxylic acids is 1. The normalized spacial score (nSPS) is 19.7. The number of likely N-dealkylation sites (tertiary alicyclic amines) is 1. The van der Waals surface area contributed by atoms with Crippen LogP contribution in [0.25, 0.3) is 0 Å². The Hall–Kier alpha value is -2.30. The maximum atomic E-state index is 13.1. The van der Waals surface area contributed by atoms with Gasteiger partial charge in [-0.25, -0.2) is 9.78 Å². The minimum absolute atomic E-state index is 0.0269. The summed E-state index contributed by atoms with van der Waals surface area (Å²) >= 11 is 8.96. The van der Waals surface area contributed by atoms with Crippen molar-refractivity contribution in [2.45, 2.75) is 29.4 Å². The van der Waals surface area contributed by atoms with Crippen LogP contribution in [0, 0.1) is 0 Å². The molecule has 31 heavy (non-hydrogen) atoms. The molecular formula is C20H21ClN4O4S2. The van der Waals surface area contributed by atoms with Crippen molar-refractivity contribution in [1.29, 1.82) is 0 Å². The molecule has 1 aromatic heterocycles. The van der Waals surface area contributed by atoms with Crippen molar-refractivity contribution in [1.82, 2.24) is 9.88 Å². The third-order valence-corrected chi connectivity index (χ3v) is 7.93. The Bertz CT molecular complexity index is 1050. The molecule has 0 aliphatic carbocycles. The third-order valence-electron chi connectivity index (χ3n) is 5.58. The number of fused-ring (bicyclic) bond motifs is 2. The fraction of sp³-hybridized carbons (Fsp3) is 0.400. The highest BCUT2D eigenvalue weighted by Crippen LogP contribution is 2.47. The molecule has 1 atom stereocenters. The minimum atomic E-state index is -0.845. The molecule has 2 N–H and O–H groups in total. The van der Waals surface area contributed by atoms with E-state index in [1.165, 1.54) is 23.1 Å². The molecule has 0 radical (unpaired) electrons. The summed E-state index contributed by atoms with van der Waals surface area (Å²) in [4.78, 5) is 43.4. The second-order valence-corrected chi connectivity index (χ2v) is 10.5. The average molecular weight is 481 g/mol. The van der Waals surface area contributed by atoms with E-state index in [0.29, 0.717) is 35.5 Å². The molecule has 2 aromatic rings. The predicted molar refractivity (Wildman–Crippen MR) is 121 cm³/mol. The van der Waals surface area contributed by atoms with Gasteiger partial charge in [-0.15, -0.1) is 11.8 Å². The van der Waals surface area contributed by atoms with Crippen molar-refractivity contribution >= 4 is 63.4 Å². The SMILES string of the molecule is CC(=O)N1CCC2(C1)CN(C(=O)Nc1ncc(SCCC(=O)O)s1)c1ccc(Cl)cc12. The second-order valence-electron chi connectivity index (χ2n) is 7.63. The van der Waals surface area contributed by atoms with Crippen molar-refractivity contribution in [3.63, 3.8) is 0 Å². The molecule has 1 aromatic carbocycles. The summed E-state index contributed by atoms with van der Waals surface area (Å²) < 4.78 is 0.842. The number of benzene rings is 1. The molecule has 0 bridgehead atoms. The lowest BCUT2D eigenvalue weighted by molar-refractivity contribution is -0.136. The second kappa shape index (κ2) is 8.68. The van der Waals surface area contributed by atoms with Crippen LogP contribution in [0.2, 0.25) is 5.02 Å². The van der Waals surface area contributed by atoms with Crippen LogP contribution in [0.3, 0.4) is 0 Å². The Morgan fingerprint density at radius 2 is 2.16 bits per heavy atom. The lowest BCUT2D eigenvalue weighted by Crippen LogP contribution is -2.41. The van der Waals surface area contributed by atoms with Gasteiger partial charge in [0.25, 0.3) is 0 Å². The Morgan fingerprint density at radius 3 is 2.87 bits per heavy atom. The first-order valence-electron chi connectivity index (χ1n) is 9.72. The minimum Gasteiger partial charge on any atom is -0.481 e. The Balaban J connectivity index is 1.50. The lowest BCUT2D eigenvalue weighted by Gasteiger charge is -2.25. The van der Waals surface area contributed by atoms with Crippen LogP contribution in [0.4, 0.5) is 15.6 Å². The van der Waals surface area contributed by atoms with Crippen molar-refractivity contribution in [2.24, 2.45) is 0 Å². The van der Waals surface area contributed by atoms with E-state index < -0.39 is 5.97 Å². The van der Waals surface area contributed by atoms with Gasteiger partial charge in [0.1, 0.15) is 0 Å². The number of carbonyl (C=O) groups excluding carboxylic acids is 2. The highest BCUT2D eigenvalue weighted by atomic mass is 35.5. The number of halogens is 1. The number of carboxylic acids is 1. The molecule has 1 saturated heterocycles. The van der Waals surface area contributed by atoms with Gasteiger partial charge in [-0.1, -0.05) is 22.9 Å². The van der Waals surface area contributed by atoms with E-state index in [2.05, 4.69) is 10.3 Å². The average Bonchev–Trinajstić information content (AvgIpc) is 3.41. The van der Waals surface area contributed by atoms with E-state index in [9.17, 15) is 14.4 Å². The maximum absolute atomic E-state index is 13.1. The molecule has 0 saturated carbocycles. The van der Waals surface area contributed by atoms with Crippen LogP contribution in [0.15, 0.2) is 28.6 Å². The van der Waals surface area contributed by atoms with Gasteiger partial charge in [0.15, 0.2) is 5.13 Å². The Morgan fingerprint density at radius 1 is 1.35 bits per heavy atom. The zero-order chi connectivity index (χ0) is 22.2. The van der Waals surface area contributed by atoms with Crippen molar-refractivity contribution < 1.29 is 19.5 Å². The van der Waals surface area contributed by atoms with Gasteiger partial charge in [0, 0.05) is 48.4 Å². The van der Waals surface area contributed by atoms with E-state index in [1.54, 1.807) is 24.1 Å². The first kappa shape index (κ1) is 21.9. The van der Waals surface area contributed by atoms with Crippen LogP contribution >= 0.6 is 34.7 Å². The third kappa shape index (κ3) is 4.51. The van der Waals surface area contributed by atoms with Gasteiger partial charge in [-0.2, -0.15) is 0 Å². The van der Waals surface area contributed by atoms with Gasteiger partial charge in [-0.3, -0.25) is 19.8 Å². The monoisotopic (exact) mass is 480 g/mol. The van der Waals surface area contributed by atoms with Gasteiger partial charge < -0.3 is 10.0 Å². The number of urea groups is 1. The number of anilines is 2. The number of rotatable bonds is 5. The lowest BCUT2D eigenvalue weighted by atomic mass is 9.81. The standard InChI is InChI=1S/C20H21ClN4O4S2/c1-12(26)24-6-5-20(10-24)11-25(15-3-2-13(21)8-14(15)20)19(29)23-18-22-9-17(31-18)30-7-4-16(27)28/h2-3,8-9H,4-7,10-11H2,1H3,(H,27,28)(H,22,23,29). The van der Waals surface area contributed by atoms with Crippen LogP contribution in [0.5, 0.6) is 0 Å². The summed E-state index contributed by atoms with van der Waals surface area (Å²) in [6.45, 7) is 3.23. The van der Waals surface area contributed by atoms with Crippen LogP contribution in [0.1, 0.15) is 25.3 Å². The first-order chi connectivity index (χ1) is 14.8. The zero-order valence-corrected chi connectivity index (χ0v) is 19.1. The summed E-state index contributed by atoms with van der Waals surface area (Å²) in [5.74, 6) is -0.373. The predicted octanol–water partition coefficient (Wildman–Crippen LogP) is 3.91. The number of thiazole rings is 1. The zero-order valence-electron chi connectivity index (χ0n) is 16.8.